The van der Waals surface area contributed by atoms with Crippen LogP contribution in [0.15, 0.2) is 12.1 Å². The Morgan fingerprint density at radius 3 is 2.68 bits per heavy atom. The Balaban J connectivity index is 2.54. The molecule has 0 aromatic carbocycles. The fraction of sp³-hybridized carbons (Fsp3) is 0.538. The van der Waals surface area contributed by atoms with E-state index in [-0.39, 0.29) is 18.4 Å². The van der Waals surface area contributed by atoms with Crippen molar-refractivity contribution in [1.29, 1.82) is 0 Å². The summed E-state index contributed by atoms with van der Waals surface area (Å²) in [4.78, 5) is 23.3. The zero-order valence-electron chi connectivity index (χ0n) is 11.4. The van der Waals surface area contributed by atoms with Gasteiger partial charge in [0.2, 0.25) is 5.91 Å². The topological polar surface area (TPSA) is 78.4 Å². The Morgan fingerprint density at radius 2 is 2.11 bits per heavy atom. The van der Waals surface area contributed by atoms with Crippen LogP contribution in [0.5, 0.6) is 0 Å². The maximum atomic E-state index is 11.9. The molecule has 0 saturated heterocycles. The molecule has 0 saturated carbocycles. The number of hydrogen-bond donors (Lipinski definition) is 3. The zero-order chi connectivity index (χ0) is 14.5. The predicted octanol–water partition coefficient (Wildman–Crippen LogP) is 1.99. The SMILES string of the molecule is CCCC(C)(O)CNC(=O)c1ccc(NC(C)=O)s1. The second kappa shape index (κ2) is 6.68. The normalized spacial score (nSPS) is 13.7. The van der Waals surface area contributed by atoms with E-state index in [2.05, 4.69) is 10.6 Å². The number of amides is 2. The molecule has 0 fully saturated rings. The summed E-state index contributed by atoms with van der Waals surface area (Å²) in [5, 5.41) is 15.9. The smallest absolute Gasteiger partial charge is 0.261 e. The highest BCUT2D eigenvalue weighted by atomic mass is 32.1. The van der Waals surface area contributed by atoms with Crippen LogP contribution in [-0.2, 0) is 4.79 Å². The van der Waals surface area contributed by atoms with Crippen molar-refractivity contribution >= 4 is 28.2 Å². The highest BCUT2D eigenvalue weighted by Gasteiger charge is 2.20. The number of nitrogens with one attached hydrogen (secondary N) is 2. The summed E-state index contributed by atoms with van der Waals surface area (Å²) < 4.78 is 0. The van der Waals surface area contributed by atoms with Crippen LogP contribution in [0.2, 0.25) is 0 Å². The van der Waals surface area contributed by atoms with Crippen molar-refractivity contribution in [2.75, 3.05) is 11.9 Å². The maximum Gasteiger partial charge on any atom is 0.261 e. The molecule has 5 nitrogen and oxygen atoms in total. The van der Waals surface area contributed by atoms with Crippen LogP contribution in [0.4, 0.5) is 5.00 Å². The van der Waals surface area contributed by atoms with Gasteiger partial charge >= 0.3 is 0 Å². The quantitative estimate of drug-likeness (QED) is 0.747. The molecular weight excluding hydrogens is 264 g/mol. The van der Waals surface area contributed by atoms with Crippen molar-refractivity contribution in [3.05, 3.63) is 17.0 Å². The Morgan fingerprint density at radius 1 is 1.42 bits per heavy atom. The number of hydrogen-bond acceptors (Lipinski definition) is 4. The number of thiophene rings is 1. The lowest BCUT2D eigenvalue weighted by Gasteiger charge is -2.22. The molecule has 1 unspecified atom stereocenters. The van der Waals surface area contributed by atoms with Gasteiger partial charge in [0.25, 0.3) is 5.91 Å². The Kier molecular flexibility index (Phi) is 5.50. The molecule has 0 aliphatic rings. The Labute approximate surface area is 117 Å². The minimum atomic E-state index is -0.887. The Hall–Kier alpha value is -1.40. The molecule has 1 aromatic heterocycles. The van der Waals surface area contributed by atoms with Gasteiger partial charge in [-0.1, -0.05) is 13.3 Å². The number of carbonyl (C=O) groups is 2. The van der Waals surface area contributed by atoms with Crippen molar-refractivity contribution in [3.63, 3.8) is 0 Å². The first kappa shape index (κ1) is 15.7. The van der Waals surface area contributed by atoms with E-state index in [1.807, 2.05) is 6.92 Å². The largest absolute Gasteiger partial charge is 0.388 e. The highest BCUT2D eigenvalue weighted by Crippen LogP contribution is 2.21. The van der Waals surface area contributed by atoms with Gasteiger partial charge in [-0.15, -0.1) is 11.3 Å². The fourth-order valence-corrected chi connectivity index (χ4v) is 2.55. The van der Waals surface area contributed by atoms with Gasteiger partial charge in [-0.2, -0.15) is 0 Å². The summed E-state index contributed by atoms with van der Waals surface area (Å²) in [5.74, 6) is -0.405. The summed E-state index contributed by atoms with van der Waals surface area (Å²) >= 11 is 1.21. The fourth-order valence-electron chi connectivity index (χ4n) is 1.69. The minimum absolute atomic E-state index is 0.167. The molecule has 0 aliphatic carbocycles. The van der Waals surface area contributed by atoms with E-state index in [4.69, 9.17) is 0 Å². The molecule has 1 rings (SSSR count). The van der Waals surface area contributed by atoms with Crippen molar-refractivity contribution in [2.24, 2.45) is 0 Å². The van der Waals surface area contributed by atoms with E-state index < -0.39 is 5.60 Å². The third kappa shape index (κ3) is 5.40. The number of anilines is 1. The molecule has 6 heteroatoms. The zero-order valence-corrected chi connectivity index (χ0v) is 12.3. The van der Waals surface area contributed by atoms with Gasteiger partial charge in [0.15, 0.2) is 0 Å². The van der Waals surface area contributed by atoms with Gasteiger partial charge < -0.3 is 15.7 Å². The Bertz CT molecular complexity index is 454. The van der Waals surface area contributed by atoms with Gasteiger partial charge in [-0.3, -0.25) is 9.59 Å². The van der Waals surface area contributed by atoms with E-state index in [1.165, 1.54) is 18.3 Å². The van der Waals surface area contributed by atoms with Gasteiger partial charge in [0.1, 0.15) is 0 Å². The average Bonchev–Trinajstić information content (AvgIpc) is 2.73. The first-order valence-electron chi connectivity index (χ1n) is 6.22. The second-order valence-corrected chi connectivity index (χ2v) is 5.86. The summed E-state index contributed by atoms with van der Waals surface area (Å²) in [6.45, 7) is 5.32. The average molecular weight is 284 g/mol. The lowest BCUT2D eigenvalue weighted by atomic mass is 10.0. The molecule has 1 heterocycles. The van der Waals surface area contributed by atoms with Gasteiger partial charge in [-0.05, 0) is 25.5 Å². The monoisotopic (exact) mass is 284 g/mol. The van der Waals surface area contributed by atoms with E-state index in [0.29, 0.717) is 16.3 Å². The number of aliphatic hydroxyl groups is 1. The maximum absolute atomic E-state index is 11.9. The van der Waals surface area contributed by atoms with Crippen LogP contribution in [-0.4, -0.2) is 29.1 Å². The summed E-state index contributed by atoms with van der Waals surface area (Å²) in [5.41, 5.74) is -0.887. The van der Waals surface area contributed by atoms with Gasteiger partial charge in [-0.25, -0.2) is 0 Å². The van der Waals surface area contributed by atoms with Crippen LogP contribution in [0.3, 0.4) is 0 Å². The van der Waals surface area contributed by atoms with Crippen molar-refractivity contribution < 1.29 is 14.7 Å². The molecule has 106 valence electrons. The van der Waals surface area contributed by atoms with Crippen LogP contribution < -0.4 is 10.6 Å². The van der Waals surface area contributed by atoms with Crippen LogP contribution in [0.1, 0.15) is 43.3 Å². The molecule has 0 aliphatic heterocycles. The first-order valence-corrected chi connectivity index (χ1v) is 7.04. The van der Waals surface area contributed by atoms with E-state index >= 15 is 0 Å². The number of rotatable bonds is 6. The summed E-state index contributed by atoms with van der Waals surface area (Å²) in [6, 6.07) is 3.34. The first-order chi connectivity index (χ1) is 8.84. The minimum Gasteiger partial charge on any atom is -0.388 e. The molecule has 3 N–H and O–H groups in total. The highest BCUT2D eigenvalue weighted by molar-refractivity contribution is 7.18. The van der Waals surface area contributed by atoms with E-state index in [9.17, 15) is 14.7 Å². The third-order valence-corrected chi connectivity index (χ3v) is 3.55. The molecule has 0 radical (unpaired) electrons. The predicted molar refractivity (Wildman–Crippen MR) is 76.5 cm³/mol. The van der Waals surface area contributed by atoms with Crippen molar-refractivity contribution in [1.82, 2.24) is 5.32 Å². The number of carbonyl (C=O) groups excluding carboxylic acids is 2. The van der Waals surface area contributed by atoms with Gasteiger partial charge in [0, 0.05) is 13.5 Å². The molecule has 1 aromatic rings. The molecule has 2 amide bonds. The van der Waals surface area contributed by atoms with E-state index in [1.54, 1.807) is 19.1 Å². The summed E-state index contributed by atoms with van der Waals surface area (Å²) in [7, 11) is 0. The standard InChI is InChI=1S/C13H20N2O3S/c1-4-7-13(3,18)8-14-12(17)10-5-6-11(19-10)15-9(2)16/h5-6,18H,4,7-8H2,1-3H3,(H,14,17)(H,15,16). The molecule has 0 bridgehead atoms. The summed E-state index contributed by atoms with van der Waals surface area (Å²) in [6.07, 6.45) is 1.49. The molecule has 1 atom stereocenters. The second-order valence-electron chi connectivity index (χ2n) is 4.77. The van der Waals surface area contributed by atoms with Crippen molar-refractivity contribution in [2.45, 2.75) is 39.2 Å². The lowest BCUT2D eigenvalue weighted by Crippen LogP contribution is -2.40. The third-order valence-electron chi connectivity index (χ3n) is 2.55. The molecule has 19 heavy (non-hydrogen) atoms. The van der Waals surface area contributed by atoms with Crippen LogP contribution in [0.25, 0.3) is 0 Å². The lowest BCUT2D eigenvalue weighted by molar-refractivity contribution is -0.114. The molecule has 0 spiro atoms. The van der Waals surface area contributed by atoms with Crippen LogP contribution in [0, 0.1) is 0 Å². The van der Waals surface area contributed by atoms with Crippen LogP contribution >= 0.6 is 11.3 Å². The van der Waals surface area contributed by atoms with E-state index in [0.717, 1.165) is 6.42 Å². The van der Waals surface area contributed by atoms with Gasteiger partial charge in [0.05, 0.1) is 15.5 Å². The molecular formula is C13H20N2O3S. The van der Waals surface area contributed by atoms with Crippen molar-refractivity contribution in [3.8, 4) is 0 Å².